The second-order valence-corrected chi connectivity index (χ2v) is 8.47. The lowest BCUT2D eigenvalue weighted by Gasteiger charge is -2.09. The summed E-state index contributed by atoms with van der Waals surface area (Å²) >= 11 is 1.81. The first-order valence-electron chi connectivity index (χ1n) is 6.75. The highest BCUT2D eigenvalue weighted by atomic mass is 32.2. The van der Waals surface area contributed by atoms with Crippen molar-refractivity contribution in [2.75, 3.05) is 11.5 Å². The predicted octanol–water partition coefficient (Wildman–Crippen LogP) is 2.59. The molecule has 5 heteroatoms. The van der Waals surface area contributed by atoms with Gasteiger partial charge in [-0.1, -0.05) is 25.0 Å². The van der Waals surface area contributed by atoms with Crippen molar-refractivity contribution < 1.29 is 8.42 Å². The maximum absolute atomic E-state index is 12.2. The van der Waals surface area contributed by atoms with Crippen LogP contribution in [0.2, 0.25) is 0 Å². The number of thioether (sulfide) groups is 1. The summed E-state index contributed by atoms with van der Waals surface area (Å²) in [5.41, 5.74) is 6.41. The van der Waals surface area contributed by atoms with Crippen molar-refractivity contribution in [3.05, 3.63) is 29.8 Å². The summed E-state index contributed by atoms with van der Waals surface area (Å²) in [6, 6.07) is 6.97. The molecule has 1 aliphatic carbocycles. The Kier molecular flexibility index (Phi) is 5.30. The second-order valence-electron chi connectivity index (χ2n) is 4.95. The molecule has 0 atom stereocenters. The average molecular weight is 299 g/mol. The smallest absolute Gasteiger partial charge is 0.179 e. The van der Waals surface area contributed by atoms with Crippen LogP contribution in [0.15, 0.2) is 29.2 Å². The van der Waals surface area contributed by atoms with E-state index in [0.29, 0.717) is 22.4 Å². The summed E-state index contributed by atoms with van der Waals surface area (Å²) in [7, 11) is -3.16. The predicted molar refractivity (Wildman–Crippen MR) is 81.1 cm³/mol. The number of rotatable bonds is 6. The highest BCUT2D eigenvalue weighted by Gasteiger charge is 2.18. The summed E-state index contributed by atoms with van der Waals surface area (Å²) in [5.74, 6) is 0.919. The quantitative estimate of drug-likeness (QED) is 0.877. The fourth-order valence-corrected chi connectivity index (χ4v) is 5.48. The Balaban J connectivity index is 1.93. The van der Waals surface area contributed by atoms with Gasteiger partial charge in [-0.25, -0.2) is 8.42 Å². The van der Waals surface area contributed by atoms with Gasteiger partial charge in [-0.15, -0.1) is 0 Å². The van der Waals surface area contributed by atoms with E-state index >= 15 is 0 Å². The molecule has 19 heavy (non-hydrogen) atoms. The standard InChI is InChI=1S/C14H21NO2S2/c15-11-12-4-3-7-14(10-12)19(16,17)9-8-18-13-5-1-2-6-13/h3-4,7,10,13H,1-2,5-6,8-9,11,15H2. The lowest BCUT2D eigenvalue weighted by Crippen LogP contribution is -2.11. The van der Waals surface area contributed by atoms with Crippen LogP contribution in [0.5, 0.6) is 0 Å². The van der Waals surface area contributed by atoms with Gasteiger partial charge in [0.25, 0.3) is 0 Å². The first-order valence-corrected chi connectivity index (χ1v) is 9.45. The normalized spacial score (nSPS) is 16.9. The van der Waals surface area contributed by atoms with E-state index in [1.807, 2.05) is 17.8 Å². The zero-order valence-corrected chi connectivity index (χ0v) is 12.7. The van der Waals surface area contributed by atoms with Crippen LogP contribution in [0.4, 0.5) is 0 Å². The minimum atomic E-state index is -3.16. The maximum Gasteiger partial charge on any atom is 0.179 e. The summed E-state index contributed by atoms with van der Waals surface area (Å²) in [4.78, 5) is 0.405. The van der Waals surface area contributed by atoms with Crippen molar-refractivity contribution in [1.82, 2.24) is 0 Å². The Morgan fingerprint density at radius 2 is 2.00 bits per heavy atom. The van der Waals surface area contributed by atoms with E-state index in [1.54, 1.807) is 18.2 Å². The van der Waals surface area contributed by atoms with E-state index in [1.165, 1.54) is 25.7 Å². The van der Waals surface area contributed by atoms with Gasteiger partial charge >= 0.3 is 0 Å². The molecule has 0 bridgehead atoms. The Morgan fingerprint density at radius 1 is 1.26 bits per heavy atom. The van der Waals surface area contributed by atoms with Crippen LogP contribution in [0.3, 0.4) is 0 Å². The molecule has 106 valence electrons. The highest BCUT2D eigenvalue weighted by Crippen LogP contribution is 2.29. The number of hydrogen-bond donors (Lipinski definition) is 1. The first-order chi connectivity index (χ1) is 9.12. The monoisotopic (exact) mass is 299 g/mol. The molecule has 1 aliphatic rings. The van der Waals surface area contributed by atoms with Crippen LogP contribution in [0.1, 0.15) is 31.2 Å². The Morgan fingerprint density at radius 3 is 2.68 bits per heavy atom. The summed E-state index contributed by atoms with van der Waals surface area (Å²) < 4.78 is 24.4. The van der Waals surface area contributed by atoms with Crippen molar-refractivity contribution in [3.63, 3.8) is 0 Å². The molecule has 0 radical (unpaired) electrons. The highest BCUT2D eigenvalue weighted by molar-refractivity contribution is 8.01. The number of benzene rings is 1. The molecule has 1 aromatic rings. The van der Waals surface area contributed by atoms with Crippen molar-refractivity contribution in [1.29, 1.82) is 0 Å². The van der Waals surface area contributed by atoms with Crippen molar-refractivity contribution in [3.8, 4) is 0 Å². The molecule has 0 saturated heterocycles. The largest absolute Gasteiger partial charge is 0.326 e. The number of hydrogen-bond acceptors (Lipinski definition) is 4. The van der Waals surface area contributed by atoms with Gasteiger partial charge in [0.1, 0.15) is 0 Å². The maximum atomic E-state index is 12.2. The fraction of sp³-hybridized carbons (Fsp3) is 0.571. The number of nitrogens with two attached hydrogens (primary N) is 1. The van der Waals surface area contributed by atoms with E-state index in [9.17, 15) is 8.42 Å². The SMILES string of the molecule is NCc1cccc(S(=O)(=O)CCSC2CCCC2)c1. The van der Waals surface area contributed by atoms with Crippen LogP contribution in [-0.4, -0.2) is 25.2 Å². The van der Waals surface area contributed by atoms with E-state index in [-0.39, 0.29) is 5.75 Å². The molecule has 0 heterocycles. The molecule has 3 nitrogen and oxygen atoms in total. The van der Waals surface area contributed by atoms with Crippen LogP contribution in [0.25, 0.3) is 0 Å². The Hall–Kier alpha value is -0.520. The zero-order chi connectivity index (χ0) is 13.7. The van der Waals surface area contributed by atoms with Crippen LogP contribution in [0, 0.1) is 0 Å². The van der Waals surface area contributed by atoms with Crippen molar-refractivity contribution in [2.24, 2.45) is 5.73 Å². The lowest BCUT2D eigenvalue weighted by atomic mass is 10.2. The van der Waals surface area contributed by atoms with Gasteiger partial charge in [0, 0.05) is 17.5 Å². The van der Waals surface area contributed by atoms with Crippen molar-refractivity contribution >= 4 is 21.6 Å². The zero-order valence-electron chi connectivity index (χ0n) is 11.0. The lowest BCUT2D eigenvalue weighted by molar-refractivity contribution is 0.597. The summed E-state index contributed by atoms with van der Waals surface area (Å²) in [6.45, 7) is 0.375. The van der Waals surface area contributed by atoms with E-state index in [2.05, 4.69) is 0 Å². The van der Waals surface area contributed by atoms with Crippen LogP contribution >= 0.6 is 11.8 Å². The van der Waals surface area contributed by atoms with Gasteiger partial charge in [-0.2, -0.15) is 11.8 Å². The molecule has 0 aromatic heterocycles. The molecule has 0 spiro atoms. The average Bonchev–Trinajstić information content (AvgIpc) is 2.92. The second kappa shape index (κ2) is 6.77. The van der Waals surface area contributed by atoms with Crippen molar-refractivity contribution in [2.45, 2.75) is 42.4 Å². The summed E-state index contributed by atoms with van der Waals surface area (Å²) in [6.07, 6.45) is 5.08. The molecule has 0 unspecified atom stereocenters. The fourth-order valence-electron chi connectivity index (χ4n) is 2.36. The first kappa shape index (κ1) is 14.9. The van der Waals surface area contributed by atoms with Gasteiger partial charge in [-0.3, -0.25) is 0 Å². The minimum Gasteiger partial charge on any atom is -0.326 e. The van der Waals surface area contributed by atoms with E-state index in [0.717, 1.165) is 5.56 Å². The molecule has 2 N–H and O–H groups in total. The summed E-state index contributed by atoms with van der Waals surface area (Å²) in [5, 5.41) is 0.672. The van der Waals surface area contributed by atoms with E-state index in [4.69, 9.17) is 5.73 Å². The third kappa shape index (κ3) is 4.23. The third-order valence-electron chi connectivity index (χ3n) is 3.50. The molecular weight excluding hydrogens is 278 g/mol. The molecule has 0 amide bonds. The van der Waals surface area contributed by atoms with Gasteiger partial charge < -0.3 is 5.73 Å². The van der Waals surface area contributed by atoms with Crippen LogP contribution < -0.4 is 5.73 Å². The molecule has 0 aliphatic heterocycles. The van der Waals surface area contributed by atoms with Gasteiger partial charge in [0.05, 0.1) is 10.6 Å². The van der Waals surface area contributed by atoms with Gasteiger partial charge in [0.15, 0.2) is 9.84 Å². The molecular formula is C14H21NO2S2. The number of sulfone groups is 1. The van der Waals surface area contributed by atoms with Gasteiger partial charge in [-0.05, 0) is 30.5 Å². The van der Waals surface area contributed by atoms with Crippen LogP contribution in [-0.2, 0) is 16.4 Å². The van der Waals surface area contributed by atoms with E-state index < -0.39 is 9.84 Å². The molecule has 1 saturated carbocycles. The molecule has 1 aromatic carbocycles. The molecule has 2 rings (SSSR count). The van der Waals surface area contributed by atoms with Gasteiger partial charge in [0.2, 0.25) is 0 Å². The Labute approximate surface area is 119 Å². The minimum absolute atomic E-state index is 0.224. The molecule has 1 fully saturated rings. The Bertz CT molecular complexity index is 508. The third-order valence-corrected chi connectivity index (χ3v) is 6.86. The topological polar surface area (TPSA) is 60.2 Å².